The van der Waals surface area contributed by atoms with Crippen LogP contribution in [0.5, 0.6) is 0 Å². The molecule has 1 heterocycles. The monoisotopic (exact) mass is 443 g/mol. The third kappa shape index (κ3) is 6.55. The van der Waals surface area contributed by atoms with Gasteiger partial charge in [-0.25, -0.2) is 12.7 Å². The summed E-state index contributed by atoms with van der Waals surface area (Å²) >= 11 is 0. The summed E-state index contributed by atoms with van der Waals surface area (Å²) in [5.74, 6) is -0.0547. The molecule has 1 N–H and O–H groups in total. The number of piperidine rings is 1. The van der Waals surface area contributed by atoms with Gasteiger partial charge in [-0.15, -0.1) is 0 Å². The van der Waals surface area contributed by atoms with Crippen LogP contribution < -0.4 is 10.2 Å². The number of carbonyl (C=O) groups excluding carboxylic acids is 1. The molecule has 3 rings (SSSR count). The summed E-state index contributed by atoms with van der Waals surface area (Å²) in [6.07, 6.45) is 2.01. The number of aryl methyl sites for hydroxylation is 1. The molecule has 0 aromatic heterocycles. The van der Waals surface area contributed by atoms with Gasteiger partial charge in [0.05, 0.1) is 5.75 Å². The number of anilines is 1. The molecule has 168 valence electrons. The van der Waals surface area contributed by atoms with Crippen LogP contribution in [0.15, 0.2) is 54.6 Å². The van der Waals surface area contributed by atoms with E-state index in [1.54, 1.807) is 0 Å². The van der Waals surface area contributed by atoms with Crippen molar-refractivity contribution in [3.8, 4) is 0 Å². The fraction of sp³-hybridized carbons (Fsp3) is 0.458. The molecular formula is C24H33N3O3S. The molecule has 6 nitrogen and oxygen atoms in total. The SMILES string of the molecule is Cc1ccccc1CS(=O)(=O)N1CCC(C(=O)NCCCN(C)c2ccccc2)CC1. The summed E-state index contributed by atoms with van der Waals surface area (Å²) in [5, 5.41) is 3.03. The molecule has 0 unspecified atom stereocenters. The zero-order chi connectivity index (χ0) is 22.3. The third-order valence-electron chi connectivity index (χ3n) is 5.98. The van der Waals surface area contributed by atoms with Gasteiger partial charge in [-0.3, -0.25) is 4.79 Å². The number of para-hydroxylation sites is 1. The first kappa shape index (κ1) is 23.3. The maximum absolute atomic E-state index is 12.8. The molecule has 1 aliphatic rings. The Kier molecular flexibility index (Phi) is 8.09. The molecule has 0 bridgehead atoms. The normalized spacial score (nSPS) is 15.5. The predicted molar refractivity (Wildman–Crippen MR) is 125 cm³/mol. The first-order valence-corrected chi connectivity index (χ1v) is 12.5. The van der Waals surface area contributed by atoms with E-state index >= 15 is 0 Å². The summed E-state index contributed by atoms with van der Waals surface area (Å²) < 4.78 is 27.1. The molecule has 2 aromatic carbocycles. The minimum absolute atomic E-state index is 0.0193. The molecule has 31 heavy (non-hydrogen) atoms. The summed E-state index contributed by atoms with van der Waals surface area (Å²) in [7, 11) is -1.32. The van der Waals surface area contributed by atoms with Gasteiger partial charge in [0, 0.05) is 44.8 Å². The predicted octanol–water partition coefficient (Wildman–Crippen LogP) is 3.18. The van der Waals surface area contributed by atoms with Crippen molar-refractivity contribution in [3.05, 3.63) is 65.7 Å². The van der Waals surface area contributed by atoms with Crippen molar-refractivity contribution >= 4 is 21.6 Å². The van der Waals surface area contributed by atoms with E-state index in [1.165, 1.54) is 4.31 Å². The van der Waals surface area contributed by atoms with Crippen LogP contribution in [0, 0.1) is 12.8 Å². The van der Waals surface area contributed by atoms with Gasteiger partial charge < -0.3 is 10.2 Å². The van der Waals surface area contributed by atoms with E-state index in [2.05, 4.69) is 22.3 Å². The second-order valence-electron chi connectivity index (χ2n) is 8.26. The second kappa shape index (κ2) is 10.8. The van der Waals surface area contributed by atoms with Gasteiger partial charge in [0.25, 0.3) is 0 Å². The van der Waals surface area contributed by atoms with Crippen LogP contribution in [-0.2, 0) is 20.6 Å². The smallest absolute Gasteiger partial charge is 0.223 e. The van der Waals surface area contributed by atoms with Gasteiger partial charge >= 0.3 is 0 Å². The third-order valence-corrected chi connectivity index (χ3v) is 7.81. The molecule has 1 amide bonds. The molecule has 7 heteroatoms. The van der Waals surface area contributed by atoms with Crippen LogP contribution in [0.2, 0.25) is 0 Å². The molecule has 0 saturated carbocycles. The highest BCUT2D eigenvalue weighted by atomic mass is 32.2. The van der Waals surface area contributed by atoms with Gasteiger partial charge in [0.1, 0.15) is 0 Å². The zero-order valence-corrected chi connectivity index (χ0v) is 19.3. The number of nitrogens with one attached hydrogen (secondary N) is 1. The van der Waals surface area contributed by atoms with Gasteiger partial charge in [-0.1, -0.05) is 42.5 Å². The Labute approximate surface area is 186 Å². The van der Waals surface area contributed by atoms with E-state index in [-0.39, 0.29) is 17.6 Å². The molecule has 0 radical (unpaired) electrons. The molecule has 1 aliphatic heterocycles. The number of carbonyl (C=O) groups is 1. The Morgan fingerprint density at radius 1 is 1.06 bits per heavy atom. The first-order valence-electron chi connectivity index (χ1n) is 10.9. The van der Waals surface area contributed by atoms with Crippen molar-refractivity contribution in [2.24, 2.45) is 5.92 Å². The van der Waals surface area contributed by atoms with Crippen LogP contribution in [0.1, 0.15) is 30.4 Å². The summed E-state index contributed by atoms with van der Waals surface area (Å²) in [4.78, 5) is 14.7. The van der Waals surface area contributed by atoms with Crippen LogP contribution in [0.25, 0.3) is 0 Å². The molecule has 0 aliphatic carbocycles. The van der Waals surface area contributed by atoms with Gasteiger partial charge in [-0.05, 0) is 49.4 Å². The van der Waals surface area contributed by atoms with E-state index in [1.807, 2.05) is 56.4 Å². The van der Waals surface area contributed by atoms with Gasteiger partial charge in [-0.2, -0.15) is 0 Å². The minimum Gasteiger partial charge on any atom is -0.375 e. The Balaban J connectivity index is 1.40. The first-order chi connectivity index (χ1) is 14.9. The van der Waals surface area contributed by atoms with Crippen LogP contribution >= 0.6 is 0 Å². The van der Waals surface area contributed by atoms with E-state index < -0.39 is 10.0 Å². The fourth-order valence-electron chi connectivity index (χ4n) is 3.94. The molecule has 1 fully saturated rings. The number of rotatable bonds is 9. The van der Waals surface area contributed by atoms with Gasteiger partial charge in [0.2, 0.25) is 15.9 Å². The number of amides is 1. The lowest BCUT2D eigenvalue weighted by Crippen LogP contribution is -2.43. The number of hydrogen-bond acceptors (Lipinski definition) is 4. The molecular weight excluding hydrogens is 410 g/mol. The average molecular weight is 444 g/mol. The molecule has 2 aromatic rings. The summed E-state index contributed by atoms with van der Waals surface area (Å²) in [5.41, 5.74) is 2.98. The van der Waals surface area contributed by atoms with Crippen molar-refractivity contribution in [3.63, 3.8) is 0 Å². The Bertz CT molecular complexity index is 955. The van der Waals surface area contributed by atoms with Crippen molar-refractivity contribution in [2.45, 2.75) is 31.9 Å². The quantitative estimate of drug-likeness (QED) is 0.605. The lowest BCUT2D eigenvalue weighted by molar-refractivity contribution is -0.126. The average Bonchev–Trinajstić information content (AvgIpc) is 2.78. The van der Waals surface area contributed by atoms with Crippen molar-refractivity contribution in [2.75, 3.05) is 38.1 Å². The number of benzene rings is 2. The molecule has 1 saturated heterocycles. The zero-order valence-electron chi connectivity index (χ0n) is 18.5. The summed E-state index contributed by atoms with van der Waals surface area (Å²) in [6, 6.07) is 17.7. The van der Waals surface area contributed by atoms with E-state index in [4.69, 9.17) is 0 Å². The maximum Gasteiger partial charge on any atom is 0.223 e. The summed E-state index contributed by atoms with van der Waals surface area (Å²) in [6.45, 7) is 4.23. The van der Waals surface area contributed by atoms with Crippen LogP contribution in [0.3, 0.4) is 0 Å². The Hall–Kier alpha value is -2.38. The minimum atomic E-state index is -3.37. The van der Waals surface area contributed by atoms with E-state index in [9.17, 15) is 13.2 Å². The topological polar surface area (TPSA) is 69.7 Å². The fourth-order valence-corrected chi connectivity index (χ4v) is 5.61. The van der Waals surface area contributed by atoms with Gasteiger partial charge in [0.15, 0.2) is 0 Å². The number of hydrogen-bond donors (Lipinski definition) is 1. The molecule has 0 atom stereocenters. The lowest BCUT2D eigenvalue weighted by Gasteiger charge is -2.30. The Morgan fingerprint density at radius 3 is 2.39 bits per heavy atom. The van der Waals surface area contributed by atoms with Crippen molar-refractivity contribution < 1.29 is 13.2 Å². The number of nitrogens with zero attached hydrogens (tertiary/aromatic N) is 2. The van der Waals surface area contributed by atoms with Crippen LogP contribution in [-0.4, -0.2) is 51.9 Å². The highest BCUT2D eigenvalue weighted by molar-refractivity contribution is 7.88. The maximum atomic E-state index is 12.8. The molecule has 0 spiro atoms. The largest absolute Gasteiger partial charge is 0.375 e. The van der Waals surface area contributed by atoms with Crippen molar-refractivity contribution in [1.82, 2.24) is 9.62 Å². The number of sulfonamides is 1. The van der Waals surface area contributed by atoms with Crippen LogP contribution in [0.4, 0.5) is 5.69 Å². The van der Waals surface area contributed by atoms with E-state index in [0.29, 0.717) is 32.5 Å². The standard InChI is InChI=1S/C24H33N3O3S/c1-20-9-6-7-10-22(20)19-31(29,30)27-17-13-21(14-18-27)24(28)25-15-8-16-26(2)23-11-4-3-5-12-23/h3-7,9-12,21H,8,13-19H2,1-2H3,(H,25,28). The highest BCUT2D eigenvalue weighted by Gasteiger charge is 2.31. The Morgan fingerprint density at radius 2 is 1.71 bits per heavy atom. The van der Waals surface area contributed by atoms with Crippen molar-refractivity contribution in [1.29, 1.82) is 0 Å². The lowest BCUT2D eigenvalue weighted by atomic mass is 9.97. The van der Waals surface area contributed by atoms with E-state index in [0.717, 1.165) is 29.8 Å². The highest BCUT2D eigenvalue weighted by Crippen LogP contribution is 2.22. The second-order valence-corrected chi connectivity index (χ2v) is 10.2.